The van der Waals surface area contributed by atoms with Crippen molar-refractivity contribution in [2.75, 3.05) is 0 Å². The topological polar surface area (TPSA) is 67.5 Å². The van der Waals surface area contributed by atoms with E-state index < -0.39 is 6.03 Å². The highest BCUT2D eigenvalue weighted by atomic mass is 16.2. The molecule has 13 heavy (non-hydrogen) atoms. The Morgan fingerprint density at radius 2 is 2.08 bits per heavy atom. The molecule has 0 aliphatic rings. The summed E-state index contributed by atoms with van der Waals surface area (Å²) in [4.78, 5) is 10.3. The number of nitrogens with one attached hydrogen (secondary N) is 1. The molecule has 0 aromatic heterocycles. The quantitative estimate of drug-likeness (QED) is 0.371. The second-order valence-electron chi connectivity index (χ2n) is 3.13. The van der Waals surface area contributed by atoms with Gasteiger partial charge in [-0.1, -0.05) is 26.2 Å². The first-order chi connectivity index (χ1) is 6.16. The van der Waals surface area contributed by atoms with Gasteiger partial charge in [-0.3, -0.25) is 0 Å². The van der Waals surface area contributed by atoms with Crippen LogP contribution in [-0.2, 0) is 0 Å². The molecular formula is C9H19N3O. The summed E-state index contributed by atoms with van der Waals surface area (Å²) in [6.45, 7) is 4.07. The maximum Gasteiger partial charge on any atom is 0.332 e. The van der Waals surface area contributed by atoms with Crippen LogP contribution in [0.1, 0.15) is 46.0 Å². The van der Waals surface area contributed by atoms with Crippen molar-refractivity contribution in [3.05, 3.63) is 0 Å². The van der Waals surface area contributed by atoms with E-state index in [9.17, 15) is 4.79 Å². The van der Waals surface area contributed by atoms with Crippen LogP contribution in [-0.4, -0.2) is 11.7 Å². The third kappa shape index (κ3) is 8.85. The average molecular weight is 185 g/mol. The molecule has 76 valence electrons. The fraction of sp³-hybridized carbons (Fsp3) is 0.778. The van der Waals surface area contributed by atoms with E-state index >= 15 is 0 Å². The Hall–Kier alpha value is -1.06. The van der Waals surface area contributed by atoms with Gasteiger partial charge in [0.15, 0.2) is 0 Å². The second kappa shape index (κ2) is 7.58. The van der Waals surface area contributed by atoms with E-state index in [1.807, 2.05) is 6.92 Å². The molecule has 0 bridgehead atoms. The first-order valence-corrected chi connectivity index (χ1v) is 4.75. The first kappa shape index (κ1) is 11.9. The molecule has 0 aliphatic carbocycles. The Kier molecular flexibility index (Phi) is 6.96. The average Bonchev–Trinajstić information content (AvgIpc) is 2.09. The van der Waals surface area contributed by atoms with Crippen LogP contribution < -0.4 is 11.2 Å². The lowest BCUT2D eigenvalue weighted by Crippen LogP contribution is -2.25. The number of primary amides is 1. The molecule has 0 saturated heterocycles. The van der Waals surface area contributed by atoms with Gasteiger partial charge >= 0.3 is 6.03 Å². The van der Waals surface area contributed by atoms with Crippen LogP contribution in [0, 0.1) is 0 Å². The molecule has 0 atom stereocenters. The van der Waals surface area contributed by atoms with Crippen molar-refractivity contribution in [3.63, 3.8) is 0 Å². The van der Waals surface area contributed by atoms with Crippen molar-refractivity contribution in [1.29, 1.82) is 0 Å². The molecule has 4 heteroatoms. The number of carbonyl (C=O) groups excluding carboxylic acids is 1. The minimum absolute atomic E-state index is 0.604. The molecule has 0 spiro atoms. The van der Waals surface area contributed by atoms with Crippen molar-refractivity contribution in [2.24, 2.45) is 10.8 Å². The SMILES string of the molecule is CCCCCCC(C)=NNC(N)=O. The van der Waals surface area contributed by atoms with E-state index in [1.54, 1.807) is 0 Å². The molecule has 0 heterocycles. The molecular weight excluding hydrogens is 166 g/mol. The van der Waals surface area contributed by atoms with Crippen molar-refractivity contribution in [1.82, 2.24) is 5.43 Å². The van der Waals surface area contributed by atoms with Crippen molar-refractivity contribution in [2.45, 2.75) is 46.0 Å². The van der Waals surface area contributed by atoms with Gasteiger partial charge in [0.1, 0.15) is 0 Å². The van der Waals surface area contributed by atoms with E-state index in [-0.39, 0.29) is 0 Å². The number of hydrogen-bond acceptors (Lipinski definition) is 2. The summed E-state index contributed by atoms with van der Waals surface area (Å²) in [6.07, 6.45) is 5.77. The van der Waals surface area contributed by atoms with Gasteiger partial charge < -0.3 is 5.73 Å². The molecule has 4 nitrogen and oxygen atoms in total. The van der Waals surface area contributed by atoms with Gasteiger partial charge in [0.25, 0.3) is 0 Å². The third-order valence-electron chi connectivity index (χ3n) is 1.75. The van der Waals surface area contributed by atoms with Crippen LogP contribution >= 0.6 is 0 Å². The van der Waals surface area contributed by atoms with Gasteiger partial charge in [0.05, 0.1) is 0 Å². The zero-order valence-electron chi connectivity index (χ0n) is 8.47. The Labute approximate surface area is 79.6 Å². The van der Waals surface area contributed by atoms with E-state index in [0.717, 1.165) is 18.6 Å². The number of urea groups is 1. The molecule has 0 rings (SSSR count). The van der Waals surface area contributed by atoms with Crippen LogP contribution in [0.5, 0.6) is 0 Å². The summed E-state index contributed by atoms with van der Waals surface area (Å²) in [5, 5.41) is 3.81. The van der Waals surface area contributed by atoms with Gasteiger partial charge in [0.2, 0.25) is 0 Å². The largest absolute Gasteiger partial charge is 0.350 e. The zero-order valence-corrected chi connectivity index (χ0v) is 8.47. The van der Waals surface area contributed by atoms with Gasteiger partial charge in [-0.05, 0) is 19.8 Å². The molecule has 3 N–H and O–H groups in total. The predicted octanol–water partition coefficient (Wildman–Crippen LogP) is 2.00. The highest BCUT2D eigenvalue weighted by Gasteiger charge is 1.93. The number of amides is 2. The minimum Gasteiger partial charge on any atom is -0.350 e. The number of hydrogen-bond donors (Lipinski definition) is 2. The predicted molar refractivity (Wildman–Crippen MR) is 54.6 cm³/mol. The monoisotopic (exact) mass is 185 g/mol. The van der Waals surface area contributed by atoms with Gasteiger partial charge in [-0.15, -0.1) is 0 Å². The summed E-state index contributed by atoms with van der Waals surface area (Å²) < 4.78 is 0. The Morgan fingerprint density at radius 3 is 2.62 bits per heavy atom. The molecule has 0 unspecified atom stereocenters. The van der Waals surface area contributed by atoms with E-state index in [4.69, 9.17) is 5.73 Å². The summed E-state index contributed by atoms with van der Waals surface area (Å²) in [7, 11) is 0. The van der Waals surface area contributed by atoms with E-state index in [0.29, 0.717) is 0 Å². The first-order valence-electron chi connectivity index (χ1n) is 4.75. The molecule has 2 amide bonds. The van der Waals surface area contributed by atoms with E-state index in [2.05, 4.69) is 17.5 Å². The number of hydrazone groups is 1. The van der Waals surface area contributed by atoms with Crippen LogP contribution in [0.4, 0.5) is 4.79 Å². The van der Waals surface area contributed by atoms with Gasteiger partial charge in [-0.25, -0.2) is 10.2 Å². The molecule has 0 aromatic rings. The highest BCUT2D eigenvalue weighted by Crippen LogP contribution is 2.02. The van der Waals surface area contributed by atoms with Crippen LogP contribution in [0.3, 0.4) is 0 Å². The second-order valence-corrected chi connectivity index (χ2v) is 3.13. The molecule has 0 fully saturated rings. The van der Waals surface area contributed by atoms with Crippen molar-refractivity contribution in [3.8, 4) is 0 Å². The van der Waals surface area contributed by atoms with Gasteiger partial charge in [-0.2, -0.15) is 5.10 Å². The summed E-state index contributed by atoms with van der Waals surface area (Å²) in [6, 6.07) is -0.604. The lowest BCUT2D eigenvalue weighted by molar-refractivity contribution is 0.249. The number of nitrogens with two attached hydrogens (primary N) is 1. The fourth-order valence-electron chi connectivity index (χ4n) is 1.01. The number of rotatable bonds is 6. The lowest BCUT2D eigenvalue weighted by Gasteiger charge is -1.99. The van der Waals surface area contributed by atoms with Crippen molar-refractivity contribution < 1.29 is 4.79 Å². The minimum atomic E-state index is -0.604. The number of carbonyl (C=O) groups is 1. The Balaban J connectivity index is 3.43. The molecule has 0 radical (unpaired) electrons. The maximum absolute atomic E-state index is 10.3. The van der Waals surface area contributed by atoms with Crippen LogP contribution in [0.2, 0.25) is 0 Å². The summed E-state index contributed by atoms with van der Waals surface area (Å²) in [5.74, 6) is 0. The normalized spacial score (nSPS) is 11.4. The molecule has 0 saturated carbocycles. The smallest absolute Gasteiger partial charge is 0.332 e. The van der Waals surface area contributed by atoms with E-state index in [1.165, 1.54) is 19.3 Å². The summed E-state index contributed by atoms with van der Waals surface area (Å²) in [5.41, 5.74) is 8.00. The molecule has 0 aromatic carbocycles. The third-order valence-corrected chi connectivity index (χ3v) is 1.75. The van der Waals surface area contributed by atoms with Crippen LogP contribution in [0.15, 0.2) is 5.10 Å². The van der Waals surface area contributed by atoms with Crippen molar-refractivity contribution >= 4 is 11.7 Å². The Morgan fingerprint density at radius 1 is 1.38 bits per heavy atom. The standard InChI is InChI=1S/C9H19N3O/c1-3-4-5-6-7-8(2)11-12-9(10)13/h3-7H2,1-2H3,(H3,10,12,13). The number of unbranched alkanes of at least 4 members (excludes halogenated alkanes) is 3. The highest BCUT2D eigenvalue weighted by molar-refractivity contribution is 5.83. The summed E-state index contributed by atoms with van der Waals surface area (Å²) >= 11 is 0. The van der Waals surface area contributed by atoms with Gasteiger partial charge in [0, 0.05) is 5.71 Å². The van der Waals surface area contributed by atoms with Crippen LogP contribution in [0.25, 0.3) is 0 Å². The molecule has 0 aliphatic heterocycles. The fourth-order valence-corrected chi connectivity index (χ4v) is 1.01. The zero-order chi connectivity index (χ0) is 10.1. The lowest BCUT2D eigenvalue weighted by atomic mass is 10.1. The Bertz CT molecular complexity index is 178. The number of nitrogens with zero attached hydrogens (tertiary/aromatic N) is 1. The maximum atomic E-state index is 10.3.